The highest BCUT2D eigenvalue weighted by atomic mass is 16.4. The number of carboxylic acid groups (broad SMARTS) is 1. The molecule has 2 rings (SSSR count). The van der Waals surface area contributed by atoms with Crippen LogP contribution in [0.3, 0.4) is 0 Å². The van der Waals surface area contributed by atoms with E-state index in [-0.39, 0.29) is 0 Å². The molecule has 0 radical (unpaired) electrons. The Bertz CT molecular complexity index is 724. The third kappa shape index (κ3) is 2.31. The van der Waals surface area contributed by atoms with Gasteiger partial charge in [-0.1, -0.05) is 6.07 Å². The zero-order valence-electron chi connectivity index (χ0n) is 8.56. The molecule has 6 heteroatoms. The van der Waals surface area contributed by atoms with Gasteiger partial charge in [0.05, 0.1) is 10.9 Å². The third-order valence-corrected chi connectivity index (χ3v) is 2.18. The third-order valence-electron chi connectivity index (χ3n) is 2.18. The van der Waals surface area contributed by atoms with Crippen molar-refractivity contribution in [2.75, 3.05) is 0 Å². The second kappa shape index (κ2) is 4.09. The van der Waals surface area contributed by atoms with Crippen molar-refractivity contribution in [1.82, 2.24) is 9.97 Å². The Morgan fingerprint density at radius 1 is 1.24 bits per heavy atom. The molecule has 0 saturated carbocycles. The summed E-state index contributed by atoms with van der Waals surface area (Å²) in [6.07, 6.45) is 2.34. The molecule has 0 unspecified atom stereocenters. The molecule has 0 saturated heterocycles. The molecular formula is C11H8N2O4. The first-order valence-electron chi connectivity index (χ1n) is 4.73. The monoisotopic (exact) mass is 232 g/mol. The lowest BCUT2D eigenvalue weighted by Gasteiger charge is -1.97. The molecule has 2 aromatic rings. The van der Waals surface area contributed by atoms with Crippen molar-refractivity contribution in [3.05, 3.63) is 50.7 Å². The van der Waals surface area contributed by atoms with Gasteiger partial charge in [0.2, 0.25) is 0 Å². The van der Waals surface area contributed by atoms with Crippen LogP contribution in [0.5, 0.6) is 0 Å². The van der Waals surface area contributed by atoms with Crippen LogP contribution in [-0.4, -0.2) is 21.0 Å². The van der Waals surface area contributed by atoms with Crippen molar-refractivity contribution in [3.63, 3.8) is 0 Å². The smallest absolute Gasteiger partial charge is 0.328 e. The van der Waals surface area contributed by atoms with Gasteiger partial charge in [-0.2, -0.15) is 0 Å². The maximum Gasteiger partial charge on any atom is 0.328 e. The average molecular weight is 232 g/mol. The fourth-order valence-corrected chi connectivity index (χ4v) is 1.45. The molecule has 0 atom stereocenters. The summed E-state index contributed by atoms with van der Waals surface area (Å²) in [6, 6.07) is 4.66. The maximum absolute atomic E-state index is 11.5. The number of aromatic amines is 2. The largest absolute Gasteiger partial charge is 0.478 e. The molecule has 0 bridgehead atoms. The maximum atomic E-state index is 11.5. The number of benzene rings is 1. The van der Waals surface area contributed by atoms with Crippen molar-refractivity contribution in [3.8, 4) is 0 Å². The molecule has 0 amide bonds. The lowest BCUT2D eigenvalue weighted by atomic mass is 10.1. The fourth-order valence-electron chi connectivity index (χ4n) is 1.45. The Morgan fingerprint density at radius 2 is 2.00 bits per heavy atom. The van der Waals surface area contributed by atoms with E-state index in [1.807, 2.05) is 0 Å². The van der Waals surface area contributed by atoms with Crippen LogP contribution in [0.2, 0.25) is 0 Å². The van der Waals surface area contributed by atoms with E-state index in [1.165, 1.54) is 12.1 Å². The standard InChI is InChI=1S/C11H8N2O4/c14-9(15)4-2-6-1-3-8-7(5-6)10(16)13-11(17)12-8/h1-5H,(H,14,15)(H2,12,13,16,17). The number of hydrogen-bond acceptors (Lipinski definition) is 3. The normalized spacial score (nSPS) is 11.1. The van der Waals surface area contributed by atoms with Crippen LogP contribution < -0.4 is 11.2 Å². The predicted molar refractivity (Wildman–Crippen MR) is 61.9 cm³/mol. The number of carbonyl (C=O) groups is 1. The van der Waals surface area contributed by atoms with E-state index in [0.29, 0.717) is 16.5 Å². The first kappa shape index (κ1) is 10.9. The van der Waals surface area contributed by atoms with Gasteiger partial charge in [-0.15, -0.1) is 0 Å². The minimum atomic E-state index is -1.07. The topological polar surface area (TPSA) is 103 Å². The molecule has 3 N–H and O–H groups in total. The van der Waals surface area contributed by atoms with E-state index < -0.39 is 17.2 Å². The van der Waals surface area contributed by atoms with Gasteiger partial charge < -0.3 is 10.1 Å². The Hall–Kier alpha value is -2.63. The van der Waals surface area contributed by atoms with Gasteiger partial charge in [0.25, 0.3) is 5.56 Å². The molecule has 1 aromatic heterocycles. The average Bonchev–Trinajstić information content (AvgIpc) is 2.26. The summed E-state index contributed by atoms with van der Waals surface area (Å²) in [5.74, 6) is -1.07. The lowest BCUT2D eigenvalue weighted by Crippen LogP contribution is -2.21. The lowest BCUT2D eigenvalue weighted by molar-refractivity contribution is -0.131. The van der Waals surface area contributed by atoms with Gasteiger partial charge >= 0.3 is 11.7 Å². The molecule has 0 aliphatic rings. The summed E-state index contributed by atoms with van der Waals surface area (Å²) >= 11 is 0. The summed E-state index contributed by atoms with van der Waals surface area (Å²) in [4.78, 5) is 37.4. The first-order chi connectivity index (χ1) is 8.06. The minimum absolute atomic E-state index is 0.303. The van der Waals surface area contributed by atoms with Gasteiger partial charge in [-0.05, 0) is 23.8 Å². The highest BCUT2D eigenvalue weighted by Crippen LogP contribution is 2.09. The van der Waals surface area contributed by atoms with Gasteiger partial charge in [-0.25, -0.2) is 9.59 Å². The molecule has 0 aliphatic heterocycles. The number of fused-ring (bicyclic) bond motifs is 1. The number of carboxylic acids is 1. The highest BCUT2D eigenvalue weighted by molar-refractivity contribution is 5.87. The Kier molecular flexibility index (Phi) is 2.61. The Labute approximate surface area is 94.2 Å². The second-order valence-electron chi connectivity index (χ2n) is 3.38. The highest BCUT2D eigenvalue weighted by Gasteiger charge is 2.00. The van der Waals surface area contributed by atoms with Crippen LogP contribution in [0.1, 0.15) is 5.56 Å². The van der Waals surface area contributed by atoms with Crippen LogP contribution in [0.25, 0.3) is 17.0 Å². The Balaban J connectivity index is 2.62. The second-order valence-corrected chi connectivity index (χ2v) is 3.38. The zero-order valence-corrected chi connectivity index (χ0v) is 8.56. The number of H-pyrrole nitrogens is 2. The van der Waals surface area contributed by atoms with E-state index in [4.69, 9.17) is 5.11 Å². The fraction of sp³-hybridized carbons (Fsp3) is 0. The van der Waals surface area contributed by atoms with Crippen LogP contribution in [0.15, 0.2) is 33.9 Å². The number of aromatic nitrogens is 2. The molecule has 17 heavy (non-hydrogen) atoms. The van der Waals surface area contributed by atoms with Crippen LogP contribution >= 0.6 is 0 Å². The van der Waals surface area contributed by atoms with Crippen molar-refractivity contribution in [2.45, 2.75) is 0 Å². The molecule has 0 fully saturated rings. The Morgan fingerprint density at radius 3 is 2.71 bits per heavy atom. The van der Waals surface area contributed by atoms with E-state index >= 15 is 0 Å². The van der Waals surface area contributed by atoms with Crippen molar-refractivity contribution in [1.29, 1.82) is 0 Å². The van der Waals surface area contributed by atoms with Gasteiger partial charge in [0, 0.05) is 6.08 Å². The SMILES string of the molecule is O=C(O)C=Cc1ccc2[nH]c(=O)[nH]c(=O)c2c1. The van der Waals surface area contributed by atoms with Crippen LogP contribution in [0.4, 0.5) is 0 Å². The zero-order chi connectivity index (χ0) is 12.4. The van der Waals surface area contributed by atoms with E-state index in [0.717, 1.165) is 6.08 Å². The van der Waals surface area contributed by atoms with Crippen LogP contribution in [-0.2, 0) is 4.79 Å². The predicted octanol–water partition coefficient (Wildman–Crippen LogP) is 0.314. The summed E-state index contributed by atoms with van der Waals surface area (Å²) in [6.45, 7) is 0. The van der Waals surface area contributed by atoms with E-state index in [9.17, 15) is 14.4 Å². The number of aliphatic carboxylic acids is 1. The number of hydrogen-bond donors (Lipinski definition) is 3. The first-order valence-corrected chi connectivity index (χ1v) is 4.73. The van der Waals surface area contributed by atoms with Gasteiger partial charge in [0.1, 0.15) is 0 Å². The molecule has 1 heterocycles. The van der Waals surface area contributed by atoms with Gasteiger partial charge in [0.15, 0.2) is 0 Å². The summed E-state index contributed by atoms with van der Waals surface area (Å²) in [5.41, 5.74) is -0.102. The quantitative estimate of drug-likeness (QED) is 0.648. The molecule has 0 aliphatic carbocycles. The molecule has 0 spiro atoms. The number of nitrogens with one attached hydrogen (secondary N) is 2. The summed E-state index contributed by atoms with van der Waals surface area (Å²) in [5, 5.41) is 8.78. The van der Waals surface area contributed by atoms with Crippen molar-refractivity contribution in [2.24, 2.45) is 0 Å². The van der Waals surface area contributed by atoms with Gasteiger partial charge in [-0.3, -0.25) is 9.78 Å². The van der Waals surface area contributed by atoms with Crippen LogP contribution in [0, 0.1) is 0 Å². The molecule has 6 nitrogen and oxygen atoms in total. The molecule has 86 valence electrons. The summed E-state index contributed by atoms with van der Waals surface area (Å²) in [7, 11) is 0. The molecule has 1 aromatic carbocycles. The van der Waals surface area contributed by atoms with E-state index in [2.05, 4.69) is 9.97 Å². The number of rotatable bonds is 2. The minimum Gasteiger partial charge on any atom is -0.478 e. The van der Waals surface area contributed by atoms with Crippen molar-refractivity contribution < 1.29 is 9.90 Å². The molecular weight excluding hydrogens is 224 g/mol. The summed E-state index contributed by atoms with van der Waals surface area (Å²) < 4.78 is 0. The van der Waals surface area contributed by atoms with E-state index in [1.54, 1.807) is 12.1 Å². The van der Waals surface area contributed by atoms with Crippen molar-refractivity contribution >= 4 is 22.9 Å².